The van der Waals surface area contributed by atoms with Crippen LogP contribution in [0.3, 0.4) is 0 Å². The third-order valence-corrected chi connectivity index (χ3v) is 3.16. The molecule has 2 fully saturated rings. The van der Waals surface area contributed by atoms with Crippen molar-refractivity contribution in [3.63, 3.8) is 0 Å². The standard InChI is InChI=1S/C10H16N2O2/c11-4-7-2-1-3-8(7)12-9-5-14-6-10(9)13/h7-10,12-13H,1-3,5-6H2/t7?,8?,9-,10-/m1/s1. The fourth-order valence-electron chi connectivity index (χ4n) is 2.29. The zero-order chi connectivity index (χ0) is 9.97. The molecule has 0 amide bonds. The summed E-state index contributed by atoms with van der Waals surface area (Å²) in [5.74, 6) is 0.114. The number of nitrogens with one attached hydrogen (secondary N) is 1. The molecule has 0 aromatic rings. The van der Waals surface area contributed by atoms with Crippen LogP contribution >= 0.6 is 0 Å². The highest BCUT2D eigenvalue weighted by Crippen LogP contribution is 2.25. The molecule has 0 bridgehead atoms. The van der Waals surface area contributed by atoms with Gasteiger partial charge in [0.05, 0.1) is 37.3 Å². The Balaban J connectivity index is 1.87. The Morgan fingerprint density at radius 3 is 2.79 bits per heavy atom. The number of nitrogens with zero attached hydrogens (tertiary/aromatic N) is 1. The molecule has 14 heavy (non-hydrogen) atoms. The molecule has 4 atom stereocenters. The van der Waals surface area contributed by atoms with E-state index in [-0.39, 0.29) is 18.0 Å². The van der Waals surface area contributed by atoms with E-state index in [1.54, 1.807) is 0 Å². The molecule has 1 heterocycles. The average molecular weight is 196 g/mol. The van der Waals surface area contributed by atoms with Crippen molar-refractivity contribution in [2.75, 3.05) is 13.2 Å². The molecule has 1 aliphatic carbocycles. The first-order chi connectivity index (χ1) is 6.81. The van der Waals surface area contributed by atoms with Crippen LogP contribution in [-0.2, 0) is 4.74 Å². The van der Waals surface area contributed by atoms with Gasteiger partial charge in [-0.25, -0.2) is 0 Å². The van der Waals surface area contributed by atoms with Crippen LogP contribution in [0.5, 0.6) is 0 Å². The molecule has 2 N–H and O–H groups in total. The zero-order valence-electron chi connectivity index (χ0n) is 8.15. The van der Waals surface area contributed by atoms with E-state index in [4.69, 9.17) is 10.00 Å². The van der Waals surface area contributed by atoms with Gasteiger partial charge in [0.2, 0.25) is 0 Å². The Morgan fingerprint density at radius 2 is 2.14 bits per heavy atom. The van der Waals surface area contributed by atoms with Crippen LogP contribution in [0.15, 0.2) is 0 Å². The van der Waals surface area contributed by atoms with Crippen molar-refractivity contribution in [1.29, 1.82) is 5.26 Å². The number of aliphatic hydroxyl groups excluding tert-OH is 1. The molecule has 1 saturated carbocycles. The molecule has 2 unspecified atom stereocenters. The molecular formula is C10H16N2O2. The Bertz CT molecular complexity index is 239. The lowest BCUT2D eigenvalue weighted by atomic mass is 10.0. The lowest BCUT2D eigenvalue weighted by Crippen LogP contribution is -2.46. The first-order valence-electron chi connectivity index (χ1n) is 5.22. The zero-order valence-corrected chi connectivity index (χ0v) is 8.15. The van der Waals surface area contributed by atoms with E-state index < -0.39 is 6.10 Å². The van der Waals surface area contributed by atoms with E-state index in [9.17, 15) is 5.11 Å². The molecule has 2 aliphatic rings. The minimum Gasteiger partial charge on any atom is -0.389 e. The maximum Gasteiger partial charge on any atom is 0.0948 e. The van der Waals surface area contributed by atoms with Crippen LogP contribution in [-0.4, -0.2) is 36.5 Å². The van der Waals surface area contributed by atoms with Crippen molar-refractivity contribution in [1.82, 2.24) is 5.32 Å². The highest BCUT2D eigenvalue weighted by molar-refractivity contribution is 4.98. The summed E-state index contributed by atoms with van der Waals surface area (Å²) in [6.45, 7) is 0.984. The Morgan fingerprint density at radius 1 is 1.29 bits per heavy atom. The Kier molecular flexibility index (Phi) is 3.02. The Hall–Kier alpha value is -0.630. The van der Waals surface area contributed by atoms with Crippen molar-refractivity contribution in [2.24, 2.45) is 5.92 Å². The largest absolute Gasteiger partial charge is 0.389 e. The summed E-state index contributed by atoms with van der Waals surface area (Å²) in [4.78, 5) is 0. The van der Waals surface area contributed by atoms with Gasteiger partial charge >= 0.3 is 0 Å². The van der Waals surface area contributed by atoms with Crippen LogP contribution in [0.2, 0.25) is 0 Å². The molecule has 2 rings (SSSR count). The van der Waals surface area contributed by atoms with Gasteiger partial charge in [-0.2, -0.15) is 5.26 Å². The molecule has 0 aromatic heterocycles. The topological polar surface area (TPSA) is 65.3 Å². The van der Waals surface area contributed by atoms with Gasteiger partial charge in [0.15, 0.2) is 0 Å². The average Bonchev–Trinajstić information content (AvgIpc) is 2.77. The molecule has 4 nitrogen and oxygen atoms in total. The summed E-state index contributed by atoms with van der Waals surface area (Å²) in [5, 5.41) is 21.8. The molecule has 0 aromatic carbocycles. The maximum absolute atomic E-state index is 9.54. The van der Waals surface area contributed by atoms with E-state index in [0.717, 1.165) is 19.3 Å². The molecule has 0 spiro atoms. The summed E-state index contributed by atoms with van der Waals surface area (Å²) in [6, 6.07) is 2.59. The van der Waals surface area contributed by atoms with Gasteiger partial charge in [-0.1, -0.05) is 6.42 Å². The van der Waals surface area contributed by atoms with E-state index in [2.05, 4.69) is 11.4 Å². The monoisotopic (exact) mass is 196 g/mol. The minimum atomic E-state index is -0.407. The second-order valence-electron chi connectivity index (χ2n) is 4.15. The van der Waals surface area contributed by atoms with E-state index in [1.807, 2.05) is 0 Å². The third-order valence-electron chi connectivity index (χ3n) is 3.16. The van der Waals surface area contributed by atoms with Crippen molar-refractivity contribution < 1.29 is 9.84 Å². The quantitative estimate of drug-likeness (QED) is 0.654. The first kappa shape index (κ1) is 9.91. The summed E-state index contributed by atoms with van der Waals surface area (Å²) in [6.07, 6.45) is 2.73. The molecular weight excluding hydrogens is 180 g/mol. The fraction of sp³-hybridized carbons (Fsp3) is 0.900. The molecule has 78 valence electrons. The molecule has 0 radical (unpaired) electrons. The lowest BCUT2D eigenvalue weighted by Gasteiger charge is -2.22. The van der Waals surface area contributed by atoms with Crippen LogP contribution in [0.1, 0.15) is 19.3 Å². The second-order valence-corrected chi connectivity index (χ2v) is 4.15. The van der Waals surface area contributed by atoms with Crippen molar-refractivity contribution in [3.05, 3.63) is 0 Å². The number of rotatable bonds is 2. The van der Waals surface area contributed by atoms with E-state index >= 15 is 0 Å². The van der Waals surface area contributed by atoms with Gasteiger partial charge in [0, 0.05) is 6.04 Å². The van der Waals surface area contributed by atoms with Crippen molar-refractivity contribution >= 4 is 0 Å². The van der Waals surface area contributed by atoms with Crippen molar-refractivity contribution in [3.8, 4) is 6.07 Å². The van der Waals surface area contributed by atoms with Crippen LogP contribution < -0.4 is 5.32 Å². The number of aliphatic hydroxyl groups is 1. The minimum absolute atomic E-state index is 0.0222. The molecule has 1 saturated heterocycles. The highest BCUT2D eigenvalue weighted by atomic mass is 16.5. The Labute approximate surface area is 83.9 Å². The van der Waals surface area contributed by atoms with E-state index in [1.165, 1.54) is 0 Å². The predicted octanol–water partition coefficient (Wildman–Crippen LogP) is 0.0280. The molecule has 1 aliphatic heterocycles. The SMILES string of the molecule is N#CC1CCCC1N[C@@H]1COC[C@H]1O. The molecule has 4 heteroatoms. The summed E-state index contributed by atoms with van der Waals surface area (Å²) < 4.78 is 5.15. The van der Waals surface area contributed by atoms with Gasteiger partial charge in [0.25, 0.3) is 0 Å². The second kappa shape index (κ2) is 4.26. The maximum atomic E-state index is 9.54. The lowest BCUT2D eigenvalue weighted by molar-refractivity contribution is 0.121. The van der Waals surface area contributed by atoms with E-state index in [0.29, 0.717) is 13.2 Å². The van der Waals surface area contributed by atoms with Gasteiger partial charge < -0.3 is 15.2 Å². The third kappa shape index (κ3) is 1.90. The highest BCUT2D eigenvalue weighted by Gasteiger charge is 2.33. The number of hydrogen-bond donors (Lipinski definition) is 2. The van der Waals surface area contributed by atoms with Gasteiger partial charge in [0.1, 0.15) is 0 Å². The summed E-state index contributed by atoms with van der Waals surface area (Å²) >= 11 is 0. The predicted molar refractivity (Wildman–Crippen MR) is 50.5 cm³/mol. The first-order valence-corrected chi connectivity index (χ1v) is 5.22. The van der Waals surface area contributed by atoms with Gasteiger partial charge in [-0.15, -0.1) is 0 Å². The number of hydrogen-bond acceptors (Lipinski definition) is 4. The van der Waals surface area contributed by atoms with Crippen LogP contribution in [0.4, 0.5) is 0 Å². The summed E-state index contributed by atoms with van der Waals surface area (Å²) in [7, 11) is 0. The van der Waals surface area contributed by atoms with Crippen LogP contribution in [0, 0.1) is 17.2 Å². The number of nitriles is 1. The number of ether oxygens (including phenoxy) is 1. The smallest absolute Gasteiger partial charge is 0.0948 e. The van der Waals surface area contributed by atoms with Crippen molar-refractivity contribution in [2.45, 2.75) is 37.5 Å². The fourth-order valence-corrected chi connectivity index (χ4v) is 2.29. The van der Waals surface area contributed by atoms with Crippen LogP contribution in [0.25, 0.3) is 0 Å². The van der Waals surface area contributed by atoms with Gasteiger partial charge in [-0.05, 0) is 12.8 Å². The van der Waals surface area contributed by atoms with Gasteiger partial charge in [-0.3, -0.25) is 0 Å². The normalized spacial score (nSPS) is 42.6. The summed E-state index contributed by atoms with van der Waals surface area (Å²) in [5.41, 5.74) is 0.